The Morgan fingerprint density at radius 1 is 1.44 bits per heavy atom. The summed E-state index contributed by atoms with van der Waals surface area (Å²) in [6, 6.07) is -0.0459. The van der Waals surface area contributed by atoms with Crippen molar-refractivity contribution >= 4 is 10.0 Å². The van der Waals surface area contributed by atoms with E-state index in [1.165, 1.54) is 0 Å². The number of hydrogen-bond acceptors (Lipinski definition) is 5. The molecule has 16 heavy (non-hydrogen) atoms. The number of rotatable bonds is 5. The van der Waals surface area contributed by atoms with Gasteiger partial charge in [0.2, 0.25) is 10.0 Å². The summed E-state index contributed by atoms with van der Waals surface area (Å²) in [6.45, 7) is 4.07. The standard InChI is InChI=1S/C9H16N4O2S/c1-7-9(13-4-3-11-7)8(2)12-5-6-16(10,14)15/h3-4,8,12H,5-6H2,1-2H3,(H2,10,14,15). The van der Waals surface area contributed by atoms with E-state index >= 15 is 0 Å². The monoisotopic (exact) mass is 244 g/mol. The first-order valence-corrected chi connectivity index (χ1v) is 6.63. The average Bonchev–Trinajstić information content (AvgIpc) is 2.16. The van der Waals surface area contributed by atoms with E-state index in [4.69, 9.17) is 5.14 Å². The fourth-order valence-electron chi connectivity index (χ4n) is 1.36. The Morgan fingerprint density at radius 3 is 2.62 bits per heavy atom. The fraction of sp³-hybridized carbons (Fsp3) is 0.556. The van der Waals surface area contributed by atoms with Gasteiger partial charge in [-0.05, 0) is 13.8 Å². The third-order valence-corrected chi connectivity index (χ3v) is 2.94. The van der Waals surface area contributed by atoms with Gasteiger partial charge in [-0.2, -0.15) is 0 Å². The molecule has 0 spiro atoms. The molecule has 90 valence electrons. The maximum absolute atomic E-state index is 10.7. The number of nitrogens with two attached hydrogens (primary N) is 1. The van der Waals surface area contributed by atoms with Crippen LogP contribution in [0.4, 0.5) is 0 Å². The van der Waals surface area contributed by atoms with Gasteiger partial charge in [-0.15, -0.1) is 0 Å². The number of sulfonamides is 1. The first-order chi connectivity index (χ1) is 7.40. The molecule has 0 aliphatic heterocycles. The quantitative estimate of drug-likeness (QED) is 0.742. The lowest BCUT2D eigenvalue weighted by Crippen LogP contribution is -2.29. The maximum Gasteiger partial charge on any atom is 0.210 e. The van der Waals surface area contributed by atoms with E-state index in [2.05, 4.69) is 15.3 Å². The topological polar surface area (TPSA) is 98.0 Å². The molecule has 0 aliphatic carbocycles. The third-order valence-electron chi connectivity index (χ3n) is 2.17. The summed E-state index contributed by atoms with van der Waals surface area (Å²) in [5.41, 5.74) is 1.65. The summed E-state index contributed by atoms with van der Waals surface area (Å²) in [5.74, 6) is -0.0867. The van der Waals surface area contributed by atoms with Crippen molar-refractivity contribution in [3.63, 3.8) is 0 Å². The summed E-state index contributed by atoms with van der Waals surface area (Å²) < 4.78 is 21.5. The molecule has 0 aliphatic rings. The van der Waals surface area contributed by atoms with E-state index in [1.54, 1.807) is 12.4 Å². The van der Waals surface area contributed by atoms with Crippen LogP contribution in [0.25, 0.3) is 0 Å². The van der Waals surface area contributed by atoms with Crippen LogP contribution in [0.1, 0.15) is 24.4 Å². The van der Waals surface area contributed by atoms with Gasteiger partial charge in [0, 0.05) is 25.0 Å². The van der Waals surface area contributed by atoms with E-state index in [-0.39, 0.29) is 11.8 Å². The Balaban J connectivity index is 2.54. The minimum Gasteiger partial charge on any atom is -0.308 e. The van der Waals surface area contributed by atoms with Gasteiger partial charge < -0.3 is 5.32 Å². The number of aromatic nitrogens is 2. The molecule has 1 atom stereocenters. The van der Waals surface area contributed by atoms with Crippen LogP contribution in [0.15, 0.2) is 12.4 Å². The normalized spacial score (nSPS) is 13.7. The van der Waals surface area contributed by atoms with Crippen LogP contribution in [-0.2, 0) is 10.0 Å². The molecular formula is C9H16N4O2S. The van der Waals surface area contributed by atoms with Crippen molar-refractivity contribution in [3.05, 3.63) is 23.8 Å². The van der Waals surface area contributed by atoms with Gasteiger partial charge in [-0.1, -0.05) is 0 Å². The van der Waals surface area contributed by atoms with Gasteiger partial charge in [0.05, 0.1) is 17.1 Å². The molecule has 1 rings (SSSR count). The van der Waals surface area contributed by atoms with Crippen LogP contribution >= 0.6 is 0 Å². The highest BCUT2D eigenvalue weighted by molar-refractivity contribution is 7.89. The second-order valence-electron chi connectivity index (χ2n) is 3.57. The minimum atomic E-state index is -3.41. The fourth-order valence-corrected chi connectivity index (χ4v) is 1.76. The van der Waals surface area contributed by atoms with Crippen LogP contribution in [0, 0.1) is 6.92 Å². The molecule has 0 saturated carbocycles. The molecule has 0 radical (unpaired) electrons. The second-order valence-corrected chi connectivity index (χ2v) is 5.30. The summed E-state index contributed by atoms with van der Waals surface area (Å²) in [7, 11) is -3.41. The number of primary sulfonamides is 1. The molecule has 0 bridgehead atoms. The first-order valence-electron chi connectivity index (χ1n) is 4.91. The van der Waals surface area contributed by atoms with Crippen LogP contribution in [0.5, 0.6) is 0 Å². The largest absolute Gasteiger partial charge is 0.308 e. The van der Waals surface area contributed by atoms with Crippen molar-refractivity contribution in [2.24, 2.45) is 5.14 Å². The highest BCUT2D eigenvalue weighted by atomic mass is 32.2. The number of aryl methyl sites for hydroxylation is 1. The van der Waals surface area contributed by atoms with Crippen molar-refractivity contribution in [1.82, 2.24) is 15.3 Å². The van der Waals surface area contributed by atoms with Crippen molar-refractivity contribution in [2.45, 2.75) is 19.9 Å². The SMILES string of the molecule is Cc1nccnc1C(C)NCCS(N)(=O)=O. The predicted octanol–water partition coefficient (Wildman–Crippen LogP) is -0.276. The van der Waals surface area contributed by atoms with Crippen molar-refractivity contribution < 1.29 is 8.42 Å². The molecule has 1 unspecified atom stereocenters. The maximum atomic E-state index is 10.7. The minimum absolute atomic E-state index is 0.0459. The van der Waals surface area contributed by atoms with Crippen LogP contribution in [-0.4, -0.2) is 30.7 Å². The molecule has 1 heterocycles. The smallest absolute Gasteiger partial charge is 0.210 e. The first kappa shape index (κ1) is 13.0. The van der Waals surface area contributed by atoms with Gasteiger partial charge in [0.15, 0.2) is 0 Å². The van der Waals surface area contributed by atoms with E-state index in [0.29, 0.717) is 6.54 Å². The number of hydrogen-bond donors (Lipinski definition) is 2. The van der Waals surface area contributed by atoms with E-state index in [0.717, 1.165) is 11.4 Å². The Morgan fingerprint density at radius 2 is 2.06 bits per heavy atom. The summed E-state index contributed by atoms with van der Waals surface area (Å²) in [5, 5.41) is 7.93. The molecule has 3 N–H and O–H groups in total. The molecule has 0 fully saturated rings. The molecular weight excluding hydrogens is 228 g/mol. The van der Waals surface area contributed by atoms with Crippen molar-refractivity contribution in [2.75, 3.05) is 12.3 Å². The zero-order chi connectivity index (χ0) is 12.2. The Labute approximate surface area is 95.3 Å². The molecule has 6 nitrogen and oxygen atoms in total. The van der Waals surface area contributed by atoms with E-state index < -0.39 is 10.0 Å². The summed E-state index contributed by atoms with van der Waals surface area (Å²) in [6.07, 6.45) is 3.23. The van der Waals surface area contributed by atoms with Gasteiger partial charge in [0.25, 0.3) is 0 Å². The molecule has 1 aromatic rings. The van der Waals surface area contributed by atoms with Crippen LogP contribution < -0.4 is 10.5 Å². The molecule has 7 heteroatoms. The van der Waals surface area contributed by atoms with Gasteiger partial charge in [0.1, 0.15) is 0 Å². The van der Waals surface area contributed by atoms with Crippen LogP contribution in [0.3, 0.4) is 0 Å². The highest BCUT2D eigenvalue weighted by Crippen LogP contribution is 2.10. The number of nitrogens with zero attached hydrogens (tertiary/aromatic N) is 2. The van der Waals surface area contributed by atoms with E-state index in [9.17, 15) is 8.42 Å². The zero-order valence-corrected chi connectivity index (χ0v) is 10.2. The lowest BCUT2D eigenvalue weighted by molar-refractivity contribution is 0.562. The molecule has 0 aromatic carbocycles. The Bertz CT molecular complexity index is 447. The molecule has 0 saturated heterocycles. The average molecular weight is 244 g/mol. The van der Waals surface area contributed by atoms with Crippen LogP contribution in [0.2, 0.25) is 0 Å². The Hall–Kier alpha value is -1.05. The predicted molar refractivity (Wildman–Crippen MR) is 61.2 cm³/mol. The zero-order valence-electron chi connectivity index (χ0n) is 9.34. The lowest BCUT2D eigenvalue weighted by Gasteiger charge is -2.13. The summed E-state index contributed by atoms with van der Waals surface area (Å²) >= 11 is 0. The third kappa shape index (κ3) is 4.21. The van der Waals surface area contributed by atoms with Crippen molar-refractivity contribution in [1.29, 1.82) is 0 Å². The van der Waals surface area contributed by atoms with Gasteiger partial charge in [-0.3, -0.25) is 9.97 Å². The summed E-state index contributed by atoms with van der Waals surface area (Å²) in [4.78, 5) is 8.30. The van der Waals surface area contributed by atoms with Crippen molar-refractivity contribution in [3.8, 4) is 0 Å². The molecule has 0 amide bonds. The lowest BCUT2D eigenvalue weighted by atomic mass is 10.2. The Kier molecular flexibility index (Phi) is 4.34. The number of nitrogens with one attached hydrogen (secondary N) is 1. The molecule has 1 aromatic heterocycles. The van der Waals surface area contributed by atoms with Gasteiger partial charge in [-0.25, -0.2) is 13.6 Å². The highest BCUT2D eigenvalue weighted by Gasteiger charge is 2.10. The van der Waals surface area contributed by atoms with Gasteiger partial charge >= 0.3 is 0 Å². The second kappa shape index (κ2) is 5.33. The van der Waals surface area contributed by atoms with E-state index in [1.807, 2.05) is 13.8 Å².